The molecule has 0 saturated carbocycles. The van der Waals surface area contributed by atoms with Crippen LogP contribution in [0.4, 0.5) is 5.82 Å². The Bertz CT molecular complexity index is 1020. The lowest BCUT2D eigenvalue weighted by atomic mass is 10.2. The quantitative estimate of drug-likeness (QED) is 0.393. The Morgan fingerprint density at radius 1 is 1.09 bits per heavy atom. The number of benzene rings is 2. The van der Waals surface area contributed by atoms with Crippen LogP contribution in [0.15, 0.2) is 59.7 Å². The molecule has 3 aromatic rings. The number of ether oxygens (including phenoxy) is 3. The molecular weight excluding hydrogens is 430 g/mol. The van der Waals surface area contributed by atoms with Crippen molar-refractivity contribution < 1.29 is 19.0 Å². The number of aromatic nitrogens is 2. The normalized spacial score (nSPS) is 13.8. The second-order valence-corrected chi connectivity index (χ2v) is 7.45. The lowest BCUT2D eigenvalue weighted by Crippen LogP contribution is -2.36. The molecule has 166 valence electrons. The summed E-state index contributed by atoms with van der Waals surface area (Å²) in [4.78, 5) is 14.1. The topological polar surface area (TPSA) is 98.2 Å². The van der Waals surface area contributed by atoms with Crippen LogP contribution in [0, 0.1) is 0 Å². The number of carbonyl (C=O) groups excluding carboxylic acids is 1. The summed E-state index contributed by atoms with van der Waals surface area (Å²) in [6, 6.07) is 17.4. The molecule has 1 saturated heterocycles. The van der Waals surface area contributed by atoms with Gasteiger partial charge in [0.2, 0.25) is 5.82 Å². The van der Waals surface area contributed by atoms with Gasteiger partial charge >= 0.3 is 0 Å². The van der Waals surface area contributed by atoms with E-state index in [2.05, 4.69) is 19.3 Å². The molecule has 1 aliphatic heterocycles. The monoisotopic (exact) mass is 453 g/mol. The molecule has 2 heterocycles. The molecular formula is C22H23N5O4S. The minimum Gasteiger partial charge on any atom is -0.489 e. The number of hydrazone groups is 1. The number of nitrogens with zero attached hydrogens (tertiary/aromatic N) is 4. The van der Waals surface area contributed by atoms with Gasteiger partial charge in [-0.25, -0.2) is 5.43 Å². The zero-order valence-corrected chi connectivity index (χ0v) is 18.2. The minimum absolute atomic E-state index is 0.202. The van der Waals surface area contributed by atoms with Gasteiger partial charge in [0.15, 0.2) is 6.61 Å². The number of amides is 1. The minimum atomic E-state index is -0.384. The van der Waals surface area contributed by atoms with Crippen LogP contribution in [-0.2, 0) is 16.1 Å². The van der Waals surface area contributed by atoms with Crippen LogP contribution in [-0.4, -0.2) is 53.8 Å². The highest BCUT2D eigenvalue weighted by Gasteiger charge is 2.20. The largest absolute Gasteiger partial charge is 0.489 e. The first kappa shape index (κ1) is 21.7. The summed E-state index contributed by atoms with van der Waals surface area (Å²) in [6.45, 7) is 3.00. The number of rotatable bonds is 9. The molecule has 1 fully saturated rings. The molecule has 1 amide bonds. The molecule has 0 bridgehead atoms. The Kier molecular flexibility index (Phi) is 7.61. The first-order valence-corrected chi connectivity index (χ1v) is 10.9. The molecule has 0 atom stereocenters. The van der Waals surface area contributed by atoms with E-state index in [-0.39, 0.29) is 12.5 Å². The number of anilines is 1. The van der Waals surface area contributed by atoms with Crippen molar-refractivity contribution in [3.63, 3.8) is 0 Å². The molecule has 1 aliphatic rings. The Hall–Kier alpha value is -3.50. The first-order chi connectivity index (χ1) is 15.8. The van der Waals surface area contributed by atoms with Crippen LogP contribution in [0.5, 0.6) is 11.6 Å². The maximum absolute atomic E-state index is 12.0. The van der Waals surface area contributed by atoms with E-state index in [1.807, 2.05) is 59.5 Å². The van der Waals surface area contributed by atoms with Gasteiger partial charge in [0, 0.05) is 13.1 Å². The van der Waals surface area contributed by atoms with Crippen molar-refractivity contribution in [3.05, 3.63) is 65.7 Å². The maximum atomic E-state index is 12.0. The van der Waals surface area contributed by atoms with Crippen molar-refractivity contribution in [2.24, 2.45) is 5.10 Å². The van der Waals surface area contributed by atoms with Crippen molar-refractivity contribution in [1.29, 1.82) is 0 Å². The standard InChI is InChI=1S/C22H23N5O4S/c28-20(16-31-22-21(25-32-26-22)27-10-12-29-13-11-27)24-23-14-17-6-8-19(9-7-17)30-15-18-4-2-1-3-5-18/h1-9,14H,10-13,15-16H2,(H,24,28)/b23-14+. The van der Waals surface area contributed by atoms with Crippen molar-refractivity contribution in [2.75, 3.05) is 37.8 Å². The van der Waals surface area contributed by atoms with E-state index in [9.17, 15) is 4.79 Å². The molecule has 0 aliphatic carbocycles. The number of nitrogens with one attached hydrogen (secondary N) is 1. The van der Waals surface area contributed by atoms with Gasteiger partial charge < -0.3 is 19.1 Å². The second-order valence-electron chi connectivity index (χ2n) is 6.92. The van der Waals surface area contributed by atoms with Gasteiger partial charge in [0.25, 0.3) is 11.8 Å². The average molecular weight is 454 g/mol. The molecule has 1 N–H and O–H groups in total. The Morgan fingerprint density at radius 2 is 1.88 bits per heavy atom. The summed E-state index contributed by atoms with van der Waals surface area (Å²) in [7, 11) is 0. The average Bonchev–Trinajstić information content (AvgIpc) is 3.32. The summed E-state index contributed by atoms with van der Waals surface area (Å²) in [5.41, 5.74) is 4.39. The Balaban J connectivity index is 1.20. The van der Waals surface area contributed by atoms with E-state index >= 15 is 0 Å². The highest BCUT2D eigenvalue weighted by molar-refractivity contribution is 6.99. The lowest BCUT2D eigenvalue weighted by Gasteiger charge is -2.26. The summed E-state index contributed by atoms with van der Waals surface area (Å²) in [6.07, 6.45) is 1.56. The fraction of sp³-hybridized carbons (Fsp3) is 0.273. The Morgan fingerprint density at radius 3 is 2.66 bits per heavy atom. The molecule has 32 heavy (non-hydrogen) atoms. The van der Waals surface area contributed by atoms with E-state index in [0.717, 1.165) is 28.6 Å². The number of hydrogen-bond acceptors (Lipinski definition) is 9. The summed E-state index contributed by atoms with van der Waals surface area (Å²) >= 11 is 1.05. The van der Waals surface area contributed by atoms with Crippen molar-refractivity contribution in [2.45, 2.75) is 6.61 Å². The van der Waals surface area contributed by atoms with Crippen molar-refractivity contribution in [3.8, 4) is 11.6 Å². The zero-order valence-electron chi connectivity index (χ0n) is 17.3. The summed E-state index contributed by atoms with van der Waals surface area (Å²) in [5.74, 6) is 1.37. The summed E-state index contributed by atoms with van der Waals surface area (Å²) < 4.78 is 25.0. The van der Waals surface area contributed by atoms with E-state index < -0.39 is 0 Å². The van der Waals surface area contributed by atoms with Gasteiger partial charge in [-0.1, -0.05) is 30.3 Å². The maximum Gasteiger partial charge on any atom is 0.278 e. The summed E-state index contributed by atoms with van der Waals surface area (Å²) in [5, 5.41) is 3.97. The molecule has 9 nitrogen and oxygen atoms in total. The Labute approximate surface area is 189 Å². The van der Waals surface area contributed by atoms with Crippen LogP contribution in [0.2, 0.25) is 0 Å². The van der Waals surface area contributed by atoms with Crippen LogP contribution >= 0.6 is 11.7 Å². The van der Waals surface area contributed by atoms with E-state index in [1.54, 1.807) is 6.21 Å². The van der Waals surface area contributed by atoms with Crippen LogP contribution in [0.25, 0.3) is 0 Å². The van der Waals surface area contributed by atoms with E-state index in [0.29, 0.717) is 44.6 Å². The third-order valence-corrected chi connectivity index (χ3v) is 5.13. The number of hydrogen-bond donors (Lipinski definition) is 1. The highest BCUT2D eigenvalue weighted by Crippen LogP contribution is 2.26. The third-order valence-electron chi connectivity index (χ3n) is 4.62. The number of morpholine rings is 1. The molecule has 4 rings (SSSR count). The lowest BCUT2D eigenvalue weighted by molar-refractivity contribution is -0.123. The van der Waals surface area contributed by atoms with Crippen molar-refractivity contribution >= 4 is 29.7 Å². The molecule has 0 unspecified atom stereocenters. The van der Waals surface area contributed by atoms with Crippen LogP contribution in [0.3, 0.4) is 0 Å². The zero-order chi connectivity index (χ0) is 22.0. The number of carbonyl (C=O) groups is 1. The molecule has 10 heteroatoms. The predicted octanol–water partition coefficient (Wildman–Crippen LogP) is 2.48. The van der Waals surface area contributed by atoms with E-state index in [4.69, 9.17) is 14.2 Å². The van der Waals surface area contributed by atoms with Gasteiger partial charge in [-0.05, 0) is 35.4 Å². The molecule has 2 aromatic carbocycles. The highest BCUT2D eigenvalue weighted by atomic mass is 32.1. The van der Waals surface area contributed by atoms with Gasteiger partial charge in [0.05, 0.1) is 31.2 Å². The van der Waals surface area contributed by atoms with Crippen molar-refractivity contribution in [1.82, 2.24) is 14.2 Å². The van der Waals surface area contributed by atoms with Crippen LogP contribution in [0.1, 0.15) is 11.1 Å². The van der Waals surface area contributed by atoms with E-state index in [1.165, 1.54) is 0 Å². The molecule has 0 spiro atoms. The van der Waals surface area contributed by atoms with Gasteiger partial charge in [0.1, 0.15) is 12.4 Å². The molecule has 0 radical (unpaired) electrons. The third kappa shape index (κ3) is 6.25. The van der Waals surface area contributed by atoms with Gasteiger partial charge in [-0.15, -0.1) is 4.37 Å². The smallest absolute Gasteiger partial charge is 0.278 e. The SMILES string of the molecule is O=C(COc1nsnc1N1CCOCC1)N/N=C/c1ccc(OCc2ccccc2)cc1. The van der Waals surface area contributed by atoms with Crippen LogP contribution < -0.4 is 19.8 Å². The molecule has 1 aromatic heterocycles. The fourth-order valence-corrected chi connectivity index (χ4v) is 3.49. The first-order valence-electron chi connectivity index (χ1n) is 10.1. The second kappa shape index (κ2) is 11.2. The predicted molar refractivity (Wildman–Crippen MR) is 121 cm³/mol. The fourth-order valence-electron chi connectivity index (χ4n) is 2.97. The van der Waals surface area contributed by atoms with Gasteiger partial charge in [-0.3, -0.25) is 4.79 Å². The van der Waals surface area contributed by atoms with Gasteiger partial charge in [-0.2, -0.15) is 9.47 Å².